The maximum atomic E-state index is 12.5. The zero-order valence-corrected chi connectivity index (χ0v) is 13.9. The zero-order chi connectivity index (χ0) is 17.7. The van der Waals surface area contributed by atoms with Gasteiger partial charge in [0.15, 0.2) is 0 Å². The van der Waals surface area contributed by atoms with Crippen LogP contribution in [0.4, 0.5) is 0 Å². The Balaban J connectivity index is 2.23. The van der Waals surface area contributed by atoms with Crippen LogP contribution in [0.1, 0.15) is 41.0 Å². The molecule has 7 nitrogen and oxygen atoms in total. The van der Waals surface area contributed by atoms with E-state index >= 15 is 0 Å². The molecule has 128 valence electrons. The lowest BCUT2D eigenvalue weighted by Gasteiger charge is -2.18. The standard InChI is InChI=1S/C17H21N3O4/c1-4-24-16(22)9-15(12-6-5-7-13(21)8-12)18-17(23)14-10-20(3)19-11(14)2/h5-8,10,15,21H,4,9H2,1-3H3,(H,18,23). The van der Waals surface area contributed by atoms with Gasteiger partial charge in [-0.3, -0.25) is 14.3 Å². The number of rotatable bonds is 6. The number of aryl methyl sites for hydroxylation is 2. The molecule has 0 saturated carbocycles. The van der Waals surface area contributed by atoms with E-state index in [-0.39, 0.29) is 24.7 Å². The van der Waals surface area contributed by atoms with Crippen LogP contribution >= 0.6 is 0 Å². The lowest BCUT2D eigenvalue weighted by Crippen LogP contribution is -2.30. The largest absolute Gasteiger partial charge is 0.508 e. The van der Waals surface area contributed by atoms with Crippen LogP contribution < -0.4 is 5.32 Å². The van der Waals surface area contributed by atoms with Crippen molar-refractivity contribution in [2.75, 3.05) is 6.61 Å². The van der Waals surface area contributed by atoms with Gasteiger partial charge in [0.05, 0.1) is 30.3 Å². The number of phenolic OH excluding ortho intramolecular Hbond substituents is 1. The van der Waals surface area contributed by atoms with Crippen molar-refractivity contribution in [3.05, 3.63) is 47.3 Å². The number of phenols is 1. The van der Waals surface area contributed by atoms with Crippen LogP contribution in [0.15, 0.2) is 30.5 Å². The van der Waals surface area contributed by atoms with Crippen molar-refractivity contribution in [2.24, 2.45) is 7.05 Å². The molecule has 1 atom stereocenters. The van der Waals surface area contributed by atoms with Gasteiger partial charge < -0.3 is 15.2 Å². The van der Waals surface area contributed by atoms with Gasteiger partial charge in [-0.05, 0) is 31.5 Å². The summed E-state index contributed by atoms with van der Waals surface area (Å²) >= 11 is 0. The van der Waals surface area contributed by atoms with Crippen LogP contribution in [-0.2, 0) is 16.6 Å². The third-order valence-corrected chi connectivity index (χ3v) is 3.51. The molecule has 1 aromatic carbocycles. The first-order valence-corrected chi connectivity index (χ1v) is 7.66. The van der Waals surface area contributed by atoms with Crippen molar-refractivity contribution in [2.45, 2.75) is 26.3 Å². The SMILES string of the molecule is CCOC(=O)CC(NC(=O)c1cn(C)nc1C)c1cccc(O)c1. The monoisotopic (exact) mass is 331 g/mol. The summed E-state index contributed by atoms with van der Waals surface area (Å²) in [5.41, 5.74) is 1.66. The Bertz CT molecular complexity index is 739. The van der Waals surface area contributed by atoms with Gasteiger partial charge in [-0.1, -0.05) is 12.1 Å². The molecule has 2 rings (SSSR count). The molecule has 24 heavy (non-hydrogen) atoms. The second-order valence-electron chi connectivity index (χ2n) is 5.43. The molecule has 1 unspecified atom stereocenters. The van der Waals surface area contributed by atoms with E-state index in [1.165, 1.54) is 12.1 Å². The van der Waals surface area contributed by atoms with Gasteiger partial charge in [-0.15, -0.1) is 0 Å². The summed E-state index contributed by atoms with van der Waals surface area (Å²) in [5.74, 6) is -0.694. The van der Waals surface area contributed by atoms with Gasteiger partial charge in [-0.25, -0.2) is 0 Å². The number of hydrogen-bond donors (Lipinski definition) is 2. The quantitative estimate of drug-likeness (QED) is 0.788. The number of ether oxygens (including phenoxy) is 1. The fourth-order valence-corrected chi connectivity index (χ4v) is 2.44. The molecule has 2 N–H and O–H groups in total. The van der Waals surface area contributed by atoms with Crippen molar-refractivity contribution in [1.29, 1.82) is 0 Å². The van der Waals surface area contributed by atoms with Gasteiger partial charge in [0.25, 0.3) is 5.91 Å². The van der Waals surface area contributed by atoms with Crippen molar-refractivity contribution < 1.29 is 19.4 Å². The molecular formula is C17H21N3O4. The van der Waals surface area contributed by atoms with Crippen LogP contribution in [0.25, 0.3) is 0 Å². The highest BCUT2D eigenvalue weighted by Gasteiger charge is 2.22. The van der Waals surface area contributed by atoms with E-state index in [9.17, 15) is 14.7 Å². The maximum Gasteiger partial charge on any atom is 0.308 e. The molecule has 1 amide bonds. The molecule has 0 fully saturated rings. The first-order chi connectivity index (χ1) is 11.4. The van der Waals surface area contributed by atoms with Gasteiger partial charge >= 0.3 is 5.97 Å². The number of nitrogens with zero attached hydrogens (tertiary/aromatic N) is 2. The summed E-state index contributed by atoms with van der Waals surface area (Å²) in [6.45, 7) is 3.73. The molecule has 0 radical (unpaired) electrons. The highest BCUT2D eigenvalue weighted by molar-refractivity contribution is 5.95. The fourth-order valence-electron chi connectivity index (χ4n) is 2.44. The Labute approximate surface area is 140 Å². The third-order valence-electron chi connectivity index (χ3n) is 3.51. The summed E-state index contributed by atoms with van der Waals surface area (Å²) in [7, 11) is 1.73. The molecule has 0 aliphatic carbocycles. The van der Waals surface area contributed by atoms with E-state index in [1.807, 2.05) is 0 Å². The van der Waals surface area contributed by atoms with Crippen LogP contribution in [0.3, 0.4) is 0 Å². The second kappa shape index (κ2) is 7.63. The Morgan fingerprint density at radius 3 is 2.75 bits per heavy atom. The van der Waals surface area contributed by atoms with E-state index < -0.39 is 12.0 Å². The van der Waals surface area contributed by atoms with Crippen LogP contribution in [0.2, 0.25) is 0 Å². The first kappa shape index (κ1) is 17.5. The van der Waals surface area contributed by atoms with Gasteiger partial charge in [-0.2, -0.15) is 5.10 Å². The molecule has 0 spiro atoms. The van der Waals surface area contributed by atoms with E-state index in [4.69, 9.17) is 4.74 Å². The predicted octanol–water partition coefficient (Wildman–Crippen LogP) is 1.86. The number of benzene rings is 1. The summed E-state index contributed by atoms with van der Waals surface area (Å²) in [6.07, 6.45) is 1.59. The van der Waals surface area contributed by atoms with Gasteiger partial charge in [0.1, 0.15) is 5.75 Å². The lowest BCUT2D eigenvalue weighted by atomic mass is 10.0. The zero-order valence-electron chi connectivity index (χ0n) is 13.9. The van der Waals surface area contributed by atoms with Crippen LogP contribution in [0, 0.1) is 6.92 Å². The smallest absolute Gasteiger partial charge is 0.308 e. The van der Waals surface area contributed by atoms with E-state index in [2.05, 4.69) is 10.4 Å². The minimum Gasteiger partial charge on any atom is -0.508 e. The average molecular weight is 331 g/mol. The van der Waals surface area contributed by atoms with E-state index in [0.717, 1.165) is 0 Å². The Hall–Kier alpha value is -2.83. The number of nitrogens with one attached hydrogen (secondary N) is 1. The van der Waals surface area contributed by atoms with Crippen molar-refractivity contribution in [3.8, 4) is 5.75 Å². The molecule has 2 aromatic rings. The van der Waals surface area contributed by atoms with Crippen molar-refractivity contribution >= 4 is 11.9 Å². The minimum atomic E-state index is -0.608. The molecular weight excluding hydrogens is 310 g/mol. The number of aromatic hydroxyl groups is 1. The Morgan fingerprint density at radius 2 is 2.17 bits per heavy atom. The number of esters is 1. The third kappa shape index (κ3) is 4.34. The summed E-state index contributed by atoms with van der Waals surface area (Å²) in [6, 6.07) is 5.83. The fraction of sp³-hybridized carbons (Fsp3) is 0.353. The highest BCUT2D eigenvalue weighted by Crippen LogP contribution is 2.22. The number of carbonyl (C=O) groups excluding carboxylic acids is 2. The first-order valence-electron chi connectivity index (χ1n) is 7.66. The summed E-state index contributed by atoms with van der Waals surface area (Å²) in [4.78, 5) is 24.4. The number of hydrogen-bond acceptors (Lipinski definition) is 5. The molecule has 1 heterocycles. The molecule has 1 aromatic heterocycles. The number of amides is 1. The van der Waals surface area contributed by atoms with Crippen LogP contribution in [-0.4, -0.2) is 33.4 Å². The lowest BCUT2D eigenvalue weighted by molar-refractivity contribution is -0.143. The highest BCUT2D eigenvalue weighted by atomic mass is 16.5. The predicted molar refractivity (Wildman–Crippen MR) is 87.5 cm³/mol. The average Bonchev–Trinajstić information content (AvgIpc) is 2.85. The number of carbonyl (C=O) groups is 2. The molecule has 0 bridgehead atoms. The Kier molecular flexibility index (Phi) is 5.57. The summed E-state index contributed by atoms with van der Waals surface area (Å²) < 4.78 is 6.52. The maximum absolute atomic E-state index is 12.5. The summed E-state index contributed by atoms with van der Waals surface area (Å²) in [5, 5.41) is 16.6. The van der Waals surface area contributed by atoms with Crippen LogP contribution in [0.5, 0.6) is 5.75 Å². The van der Waals surface area contributed by atoms with Crippen molar-refractivity contribution in [1.82, 2.24) is 15.1 Å². The molecule has 0 saturated heterocycles. The number of aromatic nitrogens is 2. The topological polar surface area (TPSA) is 93.5 Å². The van der Waals surface area contributed by atoms with Crippen molar-refractivity contribution in [3.63, 3.8) is 0 Å². The molecule has 7 heteroatoms. The van der Waals surface area contributed by atoms with Gasteiger partial charge in [0.2, 0.25) is 0 Å². The van der Waals surface area contributed by atoms with Gasteiger partial charge in [0, 0.05) is 13.2 Å². The minimum absolute atomic E-state index is 0.0255. The van der Waals surface area contributed by atoms with E-state index in [1.54, 1.807) is 43.9 Å². The Morgan fingerprint density at radius 1 is 1.42 bits per heavy atom. The normalized spacial score (nSPS) is 11.8. The molecule has 0 aliphatic heterocycles. The second-order valence-corrected chi connectivity index (χ2v) is 5.43. The molecule has 0 aliphatic rings. The van der Waals surface area contributed by atoms with E-state index in [0.29, 0.717) is 16.8 Å².